The number of aromatic nitrogens is 1. The molecule has 2 aromatic carbocycles. The zero-order valence-electron chi connectivity index (χ0n) is 19.3. The molecule has 4 rings (SSSR count). The smallest absolute Gasteiger partial charge is 0.338 e. The Morgan fingerprint density at radius 3 is 2.86 bits per heavy atom. The average Bonchev–Trinajstić information content (AvgIpc) is 3.32. The number of carboxylic acid groups (broad SMARTS) is 1. The summed E-state index contributed by atoms with van der Waals surface area (Å²) in [6.45, 7) is 2.83. The zero-order valence-corrected chi connectivity index (χ0v) is 20.2. The molecule has 1 aliphatic rings. The molecule has 0 saturated carbocycles. The van der Waals surface area contributed by atoms with Crippen LogP contribution in [0.2, 0.25) is 0 Å². The molecule has 0 spiro atoms. The van der Waals surface area contributed by atoms with Crippen LogP contribution < -0.4 is 20.1 Å². The fraction of sp³-hybridized carbons (Fsp3) is 0.292. The number of ether oxygens (including phenoxy) is 2. The fourth-order valence-electron chi connectivity index (χ4n) is 4.07. The Bertz CT molecular complexity index is 1290. The summed E-state index contributed by atoms with van der Waals surface area (Å²) in [7, 11) is 0. The number of fused-ring (bicyclic) bond motifs is 1. The van der Waals surface area contributed by atoms with Crippen molar-refractivity contribution in [1.82, 2.24) is 10.3 Å². The van der Waals surface area contributed by atoms with Crippen LogP contribution in [0.25, 0.3) is 0 Å². The van der Waals surface area contributed by atoms with Crippen LogP contribution in [0, 0.1) is 11.3 Å². The van der Waals surface area contributed by atoms with Crippen LogP contribution in [0.15, 0.2) is 47.0 Å². The first-order chi connectivity index (χ1) is 17.3. The zero-order chi connectivity index (χ0) is 25.7. The molecule has 1 aliphatic heterocycles. The summed E-state index contributed by atoms with van der Waals surface area (Å²) >= 11 is 1.33. The molecule has 0 fully saturated rings. The molecule has 1 amide bonds. The normalized spacial score (nSPS) is 16.6. The number of halogens is 1. The lowest BCUT2D eigenvalue weighted by atomic mass is 9.81. The maximum absolute atomic E-state index is 14.3. The van der Waals surface area contributed by atoms with Crippen molar-refractivity contribution in [3.63, 3.8) is 0 Å². The van der Waals surface area contributed by atoms with Crippen molar-refractivity contribution in [2.75, 3.05) is 25.0 Å². The Hall–Kier alpha value is -3.90. The van der Waals surface area contributed by atoms with E-state index in [2.05, 4.69) is 20.7 Å². The molecule has 36 heavy (non-hydrogen) atoms. The number of amides is 1. The number of carboxylic acids is 1. The number of carbonyl (C=O) groups is 2. The molecule has 0 aliphatic carbocycles. The number of benzene rings is 2. The maximum Gasteiger partial charge on any atom is 0.338 e. The van der Waals surface area contributed by atoms with Crippen LogP contribution in [0.5, 0.6) is 17.2 Å². The van der Waals surface area contributed by atoms with Gasteiger partial charge in [-0.1, -0.05) is 0 Å². The van der Waals surface area contributed by atoms with Gasteiger partial charge in [-0.05, 0) is 48.7 Å². The topological polar surface area (TPSA) is 146 Å². The van der Waals surface area contributed by atoms with E-state index in [1.54, 1.807) is 17.6 Å². The highest BCUT2D eigenvalue weighted by Crippen LogP contribution is 2.41. The fourth-order valence-corrected chi connectivity index (χ4v) is 4.62. The largest absolute Gasteiger partial charge is 0.488 e. The standard InChI is InChI=1S/C24H24FN5O5S/c1-24(13-21(31)30-23-27-7-9-36-23)17-12-20(35-15-2-3-16(22(32)33)18(25)11-15)19(34-8-6-29-26)10-14(17)4-5-28-24/h2-3,7,9-12,26,28H,4-6,8,13H2,1H3,(H,32,33)(H,27,30,31)/t24-/m1/s1. The Morgan fingerprint density at radius 1 is 1.33 bits per heavy atom. The van der Waals surface area contributed by atoms with Crippen molar-refractivity contribution in [1.29, 1.82) is 5.53 Å². The summed E-state index contributed by atoms with van der Waals surface area (Å²) in [5, 5.41) is 20.9. The van der Waals surface area contributed by atoms with Gasteiger partial charge in [0.25, 0.3) is 0 Å². The number of hydrogen-bond acceptors (Lipinski definition) is 9. The number of rotatable bonds is 10. The first-order valence-corrected chi connectivity index (χ1v) is 12.0. The quantitative estimate of drug-likeness (QED) is 0.229. The van der Waals surface area contributed by atoms with E-state index >= 15 is 0 Å². The van der Waals surface area contributed by atoms with E-state index in [1.165, 1.54) is 17.4 Å². The van der Waals surface area contributed by atoms with Gasteiger partial charge < -0.3 is 25.2 Å². The predicted molar refractivity (Wildman–Crippen MR) is 130 cm³/mol. The number of nitrogens with one attached hydrogen (secondary N) is 3. The Morgan fingerprint density at radius 2 is 2.17 bits per heavy atom. The molecule has 0 radical (unpaired) electrons. The third-order valence-corrected chi connectivity index (χ3v) is 6.41. The number of hydrogen-bond donors (Lipinski definition) is 4. The summed E-state index contributed by atoms with van der Waals surface area (Å²) in [5.41, 5.74) is 7.56. The van der Waals surface area contributed by atoms with E-state index in [4.69, 9.17) is 20.1 Å². The first kappa shape index (κ1) is 25.2. The highest BCUT2D eigenvalue weighted by Gasteiger charge is 2.35. The van der Waals surface area contributed by atoms with Crippen molar-refractivity contribution in [2.24, 2.45) is 5.11 Å². The molecule has 4 N–H and O–H groups in total. The molecule has 3 aromatic rings. The number of anilines is 1. The van der Waals surface area contributed by atoms with E-state index < -0.39 is 22.9 Å². The van der Waals surface area contributed by atoms with Crippen molar-refractivity contribution in [2.45, 2.75) is 25.3 Å². The minimum atomic E-state index is -1.38. The van der Waals surface area contributed by atoms with Crippen LogP contribution in [-0.2, 0) is 16.8 Å². The van der Waals surface area contributed by atoms with Crippen LogP contribution in [0.3, 0.4) is 0 Å². The van der Waals surface area contributed by atoms with Gasteiger partial charge in [0, 0.05) is 36.1 Å². The molecule has 1 aromatic heterocycles. The molecule has 1 atom stereocenters. The van der Waals surface area contributed by atoms with E-state index in [-0.39, 0.29) is 37.0 Å². The minimum absolute atomic E-state index is 0.0828. The lowest BCUT2D eigenvalue weighted by molar-refractivity contribution is -0.117. The third kappa shape index (κ3) is 5.66. The highest BCUT2D eigenvalue weighted by molar-refractivity contribution is 7.13. The van der Waals surface area contributed by atoms with Gasteiger partial charge in [0.2, 0.25) is 5.91 Å². The van der Waals surface area contributed by atoms with Gasteiger partial charge in [-0.15, -0.1) is 11.3 Å². The van der Waals surface area contributed by atoms with Gasteiger partial charge in [0.15, 0.2) is 16.6 Å². The molecular weight excluding hydrogens is 489 g/mol. The van der Waals surface area contributed by atoms with E-state index in [9.17, 15) is 14.0 Å². The third-order valence-electron chi connectivity index (χ3n) is 5.73. The molecule has 0 saturated heterocycles. The van der Waals surface area contributed by atoms with Crippen LogP contribution in [0.1, 0.15) is 34.8 Å². The Balaban J connectivity index is 1.67. The van der Waals surface area contributed by atoms with Gasteiger partial charge in [0.05, 0.1) is 12.1 Å². The summed E-state index contributed by atoms with van der Waals surface area (Å²) in [6, 6.07) is 7.03. The van der Waals surface area contributed by atoms with Crippen LogP contribution in [-0.4, -0.2) is 41.7 Å². The summed E-state index contributed by atoms with van der Waals surface area (Å²) in [5.74, 6) is -1.81. The molecule has 188 valence electrons. The summed E-state index contributed by atoms with van der Waals surface area (Å²) in [4.78, 5) is 28.0. The molecule has 12 heteroatoms. The molecule has 10 nitrogen and oxygen atoms in total. The number of carbonyl (C=O) groups excluding carboxylic acids is 1. The molecule has 2 heterocycles. The van der Waals surface area contributed by atoms with Gasteiger partial charge >= 0.3 is 5.97 Å². The van der Waals surface area contributed by atoms with E-state index in [0.717, 1.165) is 23.3 Å². The van der Waals surface area contributed by atoms with Gasteiger partial charge in [0.1, 0.15) is 18.2 Å². The second kappa shape index (κ2) is 10.8. The van der Waals surface area contributed by atoms with Crippen molar-refractivity contribution >= 4 is 28.3 Å². The van der Waals surface area contributed by atoms with Gasteiger partial charge in [-0.3, -0.25) is 4.79 Å². The lowest BCUT2D eigenvalue weighted by Crippen LogP contribution is -2.47. The SMILES string of the molecule is C[C@]1(CC(=O)Nc2nccs2)NCCc2cc(OCCN=N)c(Oc3ccc(C(=O)O)c(F)c3)cc21. The summed E-state index contributed by atoms with van der Waals surface area (Å²) in [6.07, 6.45) is 2.42. The predicted octanol–water partition coefficient (Wildman–Crippen LogP) is 4.57. The molecule has 0 unspecified atom stereocenters. The van der Waals surface area contributed by atoms with Gasteiger partial charge in [-0.2, -0.15) is 5.11 Å². The maximum atomic E-state index is 14.3. The summed E-state index contributed by atoms with van der Waals surface area (Å²) < 4.78 is 26.0. The monoisotopic (exact) mass is 513 g/mol. The van der Waals surface area contributed by atoms with Crippen LogP contribution in [0.4, 0.5) is 9.52 Å². The highest BCUT2D eigenvalue weighted by atomic mass is 32.1. The van der Waals surface area contributed by atoms with Crippen molar-refractivity contribution < 1.29 is 28.6 Å². The molecule has 0 bridgehead atoms. The average molecular weight is 514 g/mol. The second-order valence-electron chi connectivity index (χ2n) is 8.31. The Kier molecular flexibility index (Phi) is 7.55. The van der Waals surface area contributed by atoms with E-state index in [0.29, 0.717) is 23.8 Å². The number of nitrogens with zero attached hydrogens (tertiary/aromatic N) is 2. The first-order valence-electron chi connectivity index (χ1n) is 11.1. The minimum Gasteiger partial charge on any atom is -0.488 e. The Labute approximate surface area is 210 Å². The lowest BCUT2D eigenvalue weighted by Gasteiger charge is -2.37. The van der Waals surface area contributed by atoms with Crippen LogP contribution >= 0.6 is 11.3 Å². The second-order valence-corrected chi connectivity index (χ2v) is 9.20. The molecular formula is C24H24FN5O5S. The number of thiazole rings is 1. The van der Waals surface area contributed by atoms with Gasteiger partial charge in [-0.25, -0.2) is 19.7 Å². The van der Waals surface area contributed by atoms with Crippen molar-refractivity contribution in [3.8, 4) is 17.2 Å². The number of aromatic carboxylic acids is 1. The van der Waals surface area contributed by atoms with E-state index in [1.807, 2.05) is 13.0 Å². The van der Waals surface area contributed by atoms with Crippen molar-refractivity contribution in [3.05, 3.63) is 64.4 Å².